The van der Waals surface area contributed by atoms with E-state index in [9.17, 15) is 15.0 Å². The molecule has 0 aliphatic carbocycles. The highest BCUT2D eigenvalue weighted by atomic mass is 35.5. The van der Waals surface area contributed by atoms with Crippen LogP contribution in [0.2, 0.25) is 5.02 Å². The molecule has 2 N–H and O–H groups in total. The van der Waals surface area contributed by atoms with Gasteiger partial charge in [-0.25, -0.2) is 0 Å². The van der Waals surface area contributed by atoms with Gasteiger partial charge in [0.2, 0.25) is 0 Å². The van der Waals surface area contributed by atoms with E-state index in [1.54, 1.807) is 11.0 Å². The molecule has 1 amide bonds. The largest absolute Gasteiger partial charge is 0.507 e. The molecule has 156 valence electrons. The van der Waals surface area contributed by atoms with Crippen molar-refractivity contribution in [3.63, 3.8) is 0 Å². The van der Waals surface area contributed by atoms with E-state index in [1.807, 2.05) is 47.3 Å². The highest BCUT2D eigenvalue weighted by Gasteiger charge is 2.29. The van der Waals surface area contributed by atoms with Crippen molar-refractivity contribution in [3.05, 3.63) is 82.8 Å². The van der Waals surface area contributed by atoms with Gasteiger partial charge in [-0.2, -0.15) is 0 Å². The van der Waals surface area contributed by atoms with Crippen LogP contribution >= 0.6 is 11.6 Å². The quantitative estimate of drug-likeness (QED) is 0.497. The molecule has 8 heteroatoms. The van der Waals surface area contributed by atoms with Crippen molar-refractivity contribution in [2.24, 2.45) is 0 Å². The molecule has 0 radical (unpaired) electrons. The van der Waals surface area contributed by atoms with Gasteiger partial charge >= 0.3 is 0 Å². The third kappa shape index (κ3) is 3.43. The maximum Gasteiger partial charge on any atom is 0.254 e. The predicted molar refractivity (Wildman–Crippen MR) is 114 cm³/mol. The number of phenols is 2. The first-order valence-electron chi connectivity index (χ1n) is 9.73. The number of aromatic hydroxyl groups is 2. The summed E-state index contributed by atoms with van der Waals surface area (Å²) in [5, 5.41) is 24.2. The Morgan fingerprint density at radius 1 is 1.06 bits per heavy atom. The molecule has 0 spiro atoms. The molecule has 0 atom stereocenters. The number of halogens is 1. The summed E-state index contributed by atoms with van der Waals surface area (Å²) in [6, 6.07) is 13.9. The topological polar surface area (TPSA) is 91.7 Å². The number of carbonyl (C=O) groups is 1. The van der Waals surface area contributed by atoms with E-state index in [0.29, 0.717) is 36.4 Å². The van der Waals surface area contributed by atoms with Gasteiger partial charge in [-0.1, -0.05) is 22.8 Å². The van der Waals surface area contributed by atoms with Gasteiger partial charge in [0.25, 0.3) is 5.91 Å². The van der Waals surface area contributed by atoms with Crippen LogP contribution in [-0.4, -0.2) is 37.3 Å². The zero-order valence-electron chi connectivity index (χ0n) is 16.3. The van der Waals surface area contributed by atoms with E-state index in [0.717, 1.165) is 23.0 Å². The molecular formula is C23H18ClN3O4. The second-order valence-electron chi connectivity index (χ2n) is 7.38. The number of amides is 1. The first kappa shape index (κ1) is 19.3. The molecule has 0 saturated carbocycles. The lowest BCUT2D eigenvalue weighted by molar-refractivity contribution is 0.0734. The maximum absolute atomic E-state index is 13.2. The van der Waals surface area contributed by atoms with Crippen LogP contribution in [-0.2, 0) is 13.0 Å². The van der Waals surface area contributed by atoms with Gasteiger partial charge < -0.3 is 24.2 Å². The monoisotopic (exact) mass is 435 g/mol. The van der Waals surface area contributed by atoms with Gasteiger partial charge in [0.1, 0.15) is 11.5 Å². The van der Waals surface area contributed by atoms with Crippen molar-refractivity contribution in [2.45, 2.75) is 13.0 Å². The zero-order chi connectivity index (χ0) is 21.5. The summed E-state index contributed by atoms with van der Waals surface area (Å²) in [6.07, 6.45) is 4.39. The van der Waals surface area contributed by atoms with Crippen LogP contribution in [0.25, 0.3) is 17.0 Å². The Hall–Kier alpha value is -3.71. The SMILES string of the molecule is O=C(c1cccc(-n2cccc2)c1)N1CCc2noc(-c3cc(Cl)c(O)cc3O)c2C1. The number of aromatic nitrogens is 2. The summed E-state index contributed by atoms with van der Waals surface area (Å²) in [4.78, 5) is 15.0. The molecule has 0 saturated heterocycles. The van der Waals surface area contributed by atoms with Gasteiger partial charge in [-0.05, 0) is 36.4 Å². The second kappa shape index (κ2) is 7.52. The zero-order valence-corrected chi connectivity index (χ0v) is 17.1. The Morgan fingerprint density at radius 3 is 2.68 bits per heavy atom. The normalized spacial score (nSPS) is 13.3. The number of phenolic OH excluding ortho intramolecular Hbond substituents is 2. The molecule has 31 heavy (non-hydrogen) atoms. The summed E-state index contributed by atoms with van der Waals surface area (Å²) in [6.45, 7) is 0.798. The van der Waals surface area contributed by atoms with Gasteiger partial charge in [0.05, 0.1) is 22.8 Å². The number of rotatable bonds is 3. The third-order valence-corrected chi connectivity index (χ3v) is 5.73. The van der Waals surface area contributed by atoms with Gasteiger partial charge in [-0.3, -0.25) is 4.79 Å². The lowest BCUT2D eigenvalue weighted by Crippen LogP contribution is -2.36. The fraction of sp³-hybridized carbons (Fsp3) is 0.130. The standard InChI is InChI=1S/C23H18ClN3O4/c24-18-11-16(20(28)12-21(18)29)22-17-13-27(9-6-19(17)25-31-22)23(30)14-4-3-5-15(10-14)26-7-1-2-8-26/h1-5,7-8,10-12,28-29H,6,9,13H2. The molecular weight excluding hydrogens is 418 g/mol. The Kier molecular flexibility index (Phi) is 4.67. The van der Waals surface area contributed by atoms with E-state index in [-0.39, 0.29) is 22.4 Å². The van der Waals surface area contributed by atoms with Crippen molar-refractivity contribution in [1.82, 2.24) is 14.6 Å². The van der Waals surface area contributed by atoms with E-state index in [4.69, 9.17) is 16.1 Å². The smallest absolute Gasteiger partial charge is 0.254 e. The Balaban J connectivity index is 1.45. The lowest BCUT2D eigenvalue weighted by Gasteiger charge is -2.26. The average molecular weight is 436 g/mol. The minimum absolute atomic E-state index is 0.0866. The summed E-state index contributed by atoms with van der Waals surface area (Å²) >= 11 is 6.01. The molecule has 2 aromatic carbocycles. The van der Waals surface area contributed by atoms with Crippen molar-refractivity contribution < 1.29 is 19.5 Å². The summed E-state index contributed by atoms with van der Waals surface area (Å²) in [5.41, 5.74) is 3.27. The van der Waals surface area contributed by atoms with Gasteiger partial charge in [-0.15, -0.1) is 0 Å². The molecule has 4 aromatic rings. The van der Waals surface area contributed by atoms with E-state index < -0.39 is 0 Å². The van der Waals surface area contributed by atoms with Crippen LogP contribution in [0.1, 0.15) is 21.6 Å². The van der Waals surface area contributed by atoms with Crippen LogP contribution < -0.4 is 0 Å². The van der Waals surface area contributed by atoms with Crippen LogP contribution in [0.3, 0.4) is 0 Å². The predicted octanol–water partition coefficient (Wildman–Crippen LogP) is 4.40. The van der Waals surface area contributed by atoms with Crippen molar-refractivity contribution in [2.75, 3.05) is 6.54 Å². The van der Waals surface area contributed by atoms with E-state index >= 15 is 0 Å². The summed E-state index contributed by atoms with van der Waals surface area (Å²) in [7, 11) is 0. The fourth-order valence-electron chi connectivity index (χ4n) is 3.82. The van der Waals surface area contributed by atoms with Crippen molar-refractivity contribution in [3.8, 4) is 28.5 Å². The number of hydrogen-bond donors (Lipinski definition) is 2. The molecule has 5 rings (SSSR count). The van der Waals surface area contributed by atoms with Crippen LogP contribution in [0.4, 0.5) is 0 Å². The fourth-order valence-corrected chi connectivity index (χ4v) is 3.98. The summed E-state index contributed by atoms with van der Waals surface area (Å²) < 4.78 is 7.43. The molecule has 1 aliphatic heterocycles. The molecule has 1 aliphatic rings. The molecule has 0 unspecified atom stereocenters. The average Bonchev–Trinajstić information content (AvgIpc) is 3.46. The van der Waals surface area contributed by atoms with Crippen LogP contribution in [0, 0.1) is 0 Å². The minimum atomic E-state index is -0.226. The van der Waals surface area contributed by atoms with Crippen molar-refractivity contribution >= 4 is 17.5 Å². The first-order valence-corrected chi connectivity index (χ1v) is 10.1. The lowest BCUT2D eigenvalue weighted by atomic mass is 10.00. The second-order valence-corrected chi connectivity index (χ2v) is 7.78. The Labute approximate surface area is 182 Å². The first-order chi connectivity index (χ1) is 15.0. The van der Waals surface area contributed by atoms with Crippen molar-refractivity contribution in [1.29, 1.82) is 0 Å². The van der Waals surface area contributed by atoms with Crippen LogP contribution in [0.15, 0.2) is 65.4 Å². The minimum Gasteiger partial charge on any atom is -0.507 e. The Bertz CT molecular complexity index is 1280. The van der Waals surface area contributed by atoms with E-state index in [2.05, 4.69) is 5.16 Å². The number of nitrogens with zero attached hydrogens (tertiary/aromatic N) is 3. The highest BCUT2D eigenvalue weighted by Crippen LogP contribution is 2.40. The number of fused-ring (bicyclic) bond motifs is 1. The van der Waals surface area contributed by atoms with Crippen LogP contribution in [0.5, 0.6) is 11.5 Å². The molecule has 3 heterocycles. The summed E-state index contributed by atoms with van der Waals surface area (Å²) in [5.74, 6) is -0.160. The third-order valence-electron chi connectivity index (χ3n) is 5.43. The van der Waals surface area contributed by atoms with Gasteiger partial charge in [0, 0.05) is 48.2 Å². The van der Waals surface area contributed by atoms with Gasteiger partial charge in [0.15, 0.2) is 5.76 Å². The maximum atomic E-state index is 13.2. The Morgan fingerprint density at radius 2 is 1.87 bits per heavy atom. The molecule has 0 fully saturated rings. The number of hydrogen-bond acceptors (Lipinski definition) is 5. The molecule has 0 bridgehead atoms. The number of benzene rings is 2. The molecule has 7 nitrogen and oxygen atoms in total. The molecule has 2 aromatic heterocycles. The van der Waals surface area contributed by atoms with E-state index in [1.165, 1.54) is 6.07 Å². The number of carbonyl (C=O) groups excluding carboxylic acids is 1. The highest BCUT2D eigenvalue weighted by molar-refractivity contribution is 6.32.